The van der Waals surface area contributed by atoms with E-state index in [0.717, 1.165) is 34.1 Å². The summed E-state index contributed by atoms with van der Waals surface area (Å²) in [6.07, 6.45) is 4.14. The molecule has 1 aliphatic rings. The lowest BCUT2D eigenvalue weighted by Gasteiger charge is -2.30. The van der Waals surface area contributed by atoms with Gasteiger partial charge in [-0.05, 0) is 47.5 Å². The van der Waals surface area contributed by atoms with Crippen molar-refractivity contribution in [1.82, 2.24) is 4.90 Å². The Kier molecular flexibility index (Phi) is 9.79. The number of benzene rings is 2. The lowest BCUT2D eigenvalue weighted by molar-refractivity contribution is -0.130. The summed E-state index contributed by atoms with van der Waals surface area (Å²) < 4.78 is 15.5. The largest absolute Gasteiger partial charge is 0.497 e. The van der Waals surface area contributed by atoms with Gasteiger partial charge in [0.1, 0.15) is 11.5 Å². The third kappa shape index (κ3) is 7.23. The summed E-state index contributed by atoms with van der Waals surface area (Å²) in [5, 5.41) is 0. The highest BCUT2D eigenvalue weighted by atomic mass is 32.2. The molecule has 1 aliphatic heterocycles. The number of nitrogens with zero attached hydrogens (tertiary/aromatic N) is 1. The van der Waals surface area contributed by atoms with Gasteiger partial charge in [-0.25, -0.2) is 0 Å². The van der Waals surface area contributed by atoms with Crippen molar-refractivity contribution in [2.24, 2.45) is 0 Å². The fourth-order valence-electron chi connectivity index (χ4n) is 3.58. The summed E-state index contributed by atoms with van der Waals surface area (Å²) in [4.78, 5) is 28.1. The molecule has 0 radical (unpaired) electrons. The van der Waals surface area contributed by atoms with Crippen LogP contribution in [0.15, 0.2) is 59.7 Å². The first-order chi connectivity index (χ1) is 16.5. The number of carbonyl (C=O) groups is 2. The topological polar surface area (TPSA) is 65.1 Å². The maximum atomic E-state index is 13.3. The van der Waals surface area contributed by atoms with E-state index in [4.69, 9.17) is 14.2 Å². The number of amides is 1. The van der Waals surface area contributed by atoms with Gasteiger partial charge in [0.25, 0.3) is 0 Å². The third-order valence-electron chi connectivity index (χ3n) is 5.46. The summed E-state index contributed by atoms with van der Waals surface area (Å²) in [5.41, 5.74) is 2.96. The molecule has 34 heavy (non-hydrogen) atoms. The van der Waals surface area contributed by atoms with Crippen LogP contribution >= 0.6 is 11.8 Å². The molecule has 1 heterocycles. The van der Waals surface area contributed by atoms with Crippen molar-refractivity contribution in [3.8, 4) is 11.5 Å². The first kappa shape index (κ1) is 25.6. The van der Waals surface area contributed by atoms with Crippen LogP contribution in [0.2, 0.25) is 0 Å². The van der Waals surface area contributed by atoms with E-state index >= 15 is 0 Å². The minimum absolute atomic E-state index is 0.0369. The van der Waals surface area contributed by atoms with E-state index < -0.39 is 0 Å². The Balaban J connectivity index is 1.83. The summed E-state index contributed by atoms with van der Waals surface area (Å²) in [5.74, 6) is 3.08. The average Bonchev–Trinajstić information content (AvgIpc) is 2.87. The fraction of sp³-hybridized carbons (Fsp3) is 0.333. The quantitative estimate of drug-likeness (QED) is 0.371. The second-order valence-corrected chi connectivity index (χ2v) is 9.04. The van der Waals surface area contributed by atoms with E-state index in [1.165, 1.54) is 0 Å². The fourth-order valence-corrected chi connectivity index (χ4v) is 4.39. The number of hydrogen-bond donors (Lipinski definition) is 0. The van der Waals surface area contributed by atoms with Crippen molar-refractivity contribution >= 4 is 35.6 Å². The van der Waals surface area contributed by atoms with Crippen LogP contribution in [-0.2, 0) is 14.3 Å². The van der Waals surface area contributed by atoms with Crippen LogP contribution in [0.3, 0.4) is 0 Å². The minimum Gasteiger partial charge on any atom is -0.497 e. The number of rotatable bonds is 10. The van der Waals surface area contributed by atoms with E-state index in [2.05, 4.69) is 0 Å². The molecule has 2 aromatic carbocycles. The van der Waals surface area contributed by atoms with Crippen molar-refractivity contribution < 1.29 is 23.8 Å². The first-order valence-electron chi connectivity index (χ1n) is 11.1. The second kappa shape index (κ2) is 13.0. The molecule has 0 saturated carbocycles. The number of Topliss-reactive ketones (excluding diaryl/α,β-unsaturated/α-hetero) is 1. The minimum atomic E-state index is -0.0369. The molecule has 2 aromatic rings. The zero-order valence-electron chi connectivity index (χ0n) is 19.9. The Labute approximate surface area is 205 Å². The zero-order valence-corrected chi connectivity index (χ0v) is 20.7. The lowest BCUT2D eigenvalue weighted by Crippen LogP contribution is -2.41. The average molecular weight is 482 g/mol. The van der Waals surface area contributed by atoms with Gasteiger partial charge in [-0.3, -0.25) is 9.59 Å². The van der Waals surface area contributed by atoms with Crippen LogP contribution in [0.5, 0.6) is 11.5 Å². The predicted molar refractivity (Wildman–Crippen MR) is 137 cm³/mol. The number of ether oxygens (including phenoxy) is 3. The second-order valence-electron chi connectivity index (χ2n) is 7.82. The Morgan fingerprint density at radius 2 is 1.35 bits per heavy atom. The molecule has 1 amide bonds. The van der Waals surface area contributed by atoms with E-state index in [1.807, 2.05) is 60.7 Å². The van der Waals surface area contributed by atoms with E-state index in [0.29, 0.717) is 37.3 Å². The number of methoxy groups -OCH3 is 3. The Bertz CT molecular complexity index is 958. The number of hydrogen-bond acceptors (Lipinski definition) is 6. The van der Waals surface area contributed by atoms with E-state index in [-0.39, 0.29) is 11.7 Å². The van der Waals surface area contributed by atoms with Gasteiger partial charge in [-0.15, -0.1) is 0 Å². The molecule has 0 atom stereocenters. The third-order valence-corrected chi connectivity index (χ3v) is 6.41. The standard InChI is InChI=1S/C27H31NO5S/c1-31-13-15-34-14-12-26(29)28-18-22(16-20-4-8-24(32-2)9-5-20)27(30)23(19-28)17-21-6-10-25(33-3)11-7-21/h4-11,16-17H,12-15,18-19H2,1-3H3/b22-16+,23-17+. The molecule has 180 valence electrons. The summed E-state index contributed by atoms with van der Waals surface area (Å²) in [7, 11) is 4.90. The summed E-state index contributed by atoms with van der Waals surface area (Å²) in [6.45, 7) is 1.26. The molecule has 0 bridgehead atoms. The van der Waals surface area contributed by atoms with Gasteiger partial charge in [0.2, 0.25) is 5.91 Å². The van der Waals surface area contributed by atoms with E-state index in [9.17, 15) is 9.59 Å². The molecule has 7 heteroatoms. The van der Waals surface area contributed by atoms with Gasteiger partial charge < -0.3 is 19.1 Å². The lowest BCUT2D eigenvalue weighted by atomic mass is 9.94. The van der Waals surface area contributed by atoms with Crippen molar-refractivity contribution in [1.29, 1.82) is 0 Å². The molecule has 0 aliphatic carbocycles. The molecule has 0 unspecified atom stereocenters. The van der Waals surface area contributed by atoms with Crippen LogP contribution in [-0.4, -0.2) is 69.1 Å². The molecule has 6 nitrogen and oxygen atoms in total. The first-order valence-corrected chi connectivity index (χ1v) is 12.3. The smallest absolute Gasteiger partial charge is 0.224 e. The van der Waals surface area contributed by atoms with Crippen LogP contribution in [0.25, 0.3) is 12.2 Å². The molecular weight excluding hydrogens is 450 g/mol. The van der Waals surface area contributed by atoms with Crippen LogP contribution in [0.4, 0.5) is 0 Å². The van der Waals surface area contributed by atoms with Gasteiger partial charge in [-0.2, -0.15) is 11.8 Å². The van der Waals surface area contributed by atoms with Crippen molar-refractivity contribution in [2.75, 3.05) is 52.5 Å². The maximum Gasteiger partial charge on any atom is 0.224 e. The van der Waals surface area contributed by atoms with Gasteiger partial charge in [0.05, 0.1) is 20.8 Å². The Morgan fingerprint density at radius 3 is 1.79 bits per heavy atom. The molecule has 0 aromatic heterocycles. The monoisotopic (exact) mass is 481 g/mol. The molecule has 0 spiro atoms. The molecule has 0 N–H and O–H groups in total. The highest BCUT2D eigenvalue weighted by molar-refractivity contribution is 7.99. The Morgan fingerprint density at radius 1 is 0.853 bits per heavy atom. The van der Waals surface area contributed by atoms with Gasteiger partial charge in [0.15, 0.2) is 5.78 Å². The van der Waals surface area contributed by atoms with Crippen LogP contribution in [0.1, 0.15) is 17.5 Å². The van der Waals surface area contributed by atoms with Crippen molar-refractivity contribution in [3.63, 3.8) is 0 Å². The highest BCUT2D eigenvalue weighted by Gasteiger charge is 2.28. The molecular formula is C27H31NO5S. The SMILES string of the molecule is COCCSCCC(=O)N1C/C(=C\c2ccc(OC)cc2)C(=O)/C(=C/c2ccc(OC)cc2)C1. The maximum absolute atomic E-state index is 13.3. The highest BCUT2D eigenvalue weighted by Crippen LogP contribution is 2.24. The van der Waals surface area contributed by atoms with Gasteiger partial charge in [-0.1, -0.05) is 24.3 Å². The number of ketones is 1. The van der Waals surface area contributed by atoms with Crippen LogP contribution < -0.4 is 9.47 Å². The predicted octanol–water partition coefficient (Wildman–Crippen LogP) is 4.35. The summed E-state index contributed by atoms with van der Waals surface area (Å²) >= 11 is 1.69. The molecule has 1 saturated heterocycles. The number of carbonyl (C=O) groups excluding carboxylic acids is 2. The number of likely N-dealkylation sites (tertiary alicyclic amines) is 1. The van der Waals surface area contributed by atoms with Crippen molar-refractivity contribution in [2.45, 2.75) is 6.42 Å². The molecule has 1 fully saturated rings. The van der Waals surface area contributed by atoms with Crippen LogP contribution in [0, 0.1) is 0 Å². The van der Waals surface area contributed by atoms with Gasteiger partial charge in [0, 0.05) is 49.3 Å². The number of thioether (sulfide) groups is 1. The normalized spacial score (nSPS) is 16.2. The van der Waals surface area contributed by atoms with Crippen molar-refractivity contribution in [3.05, 3.63) is 70.8 Å². The zero-order chi connectivity index (χ0) is 24.3. The van der Waals surface area contributed by atoms with Gasteiger partial charge >= 0.3 is 0 Å². The summed E-state index contributed by atoms with van der Waals surface area (Å²) in [6, 6.07) is 15.0. The number of piperidine rings is 1. The van der Waals surface area contributed by atoms with E-state index in [1.54, 1.807) is 38.0 Å². The Hall–Kier alpha value is -3.03. The molecule has 3 rings (SSSR count).